The van der Waals surface area contributed by atoms with Crippen LogP contribution in [0.2, 0.25) is 0 Å². The predicted octanol–water partition coefficient (Wildman–Crippen LogP) is 10.9. The predicted molar refractivity (Wildman–Crippen MR) is 175 cm³/mol. The molecule has 0 saturated carbocycles. The van der Waals surface area contributed by atoms with Gasteiger partial charge in [0.15, 0.2) is 5.58 Å². The monoisotopic (exact) mass is 537 g/mol. The molecule has 1 aromatic heterocycles. The molecule has 42 heavy (non-hydrogen) atoms. The van der Waals surface area contributed by atoms with Gasteiger partial charge in [-0.3, -0.25) is 0 Å². The first kappa shape index (κ1) is 23.5. The van der Waals surface area contributed by atoms with Gasteiger partial charge in [0.1, 0.15) is 5.52 Å². The van der Waals surface area contributed by atoms with E-state index in [-0.39, 0.29) is 5.41 Å². The summed E-state index contributed by atoms with van der Waals surface area (Å²) in [6.45, 7) is 4.56. The van der Waals surface area contributed by atoms with Crippen LogP contribution in [0.4, 0.5) is 0 Å². The van der Waals surface area contributed by atoms with Crippen LogP contribution in [0, 0.1) is 0 Å². The van der Waals surface area contributed by atoms with Crippen LogP contribution < -0.4 is 0 Å². The van der Waals surface area contributed by atoms with E-state index in [4.69, 9.17) is 9.40 Å². The summed E-state index contributed by atoms with van der Waals surface area (Å²) in [7, 11) is 0. The first-order valence-corrected chi connectivity index (χ1v) is 14.6. The highest BCUT2D eigenvalue weighted by atomic mass is 16.3. The van der Waals surface area contributed by atoms with Crippen LogP contribution in [0.5, 0.6) is 0 Å². The number of rotatable bonds is 2. The minimum Gasteiger partial charge on any atom is -0.436 e. The molecular formula is C40H27NO. The van der Waals surface area contributed by atoms with Crippen molar-refractivity contribution in [2.45, 2.75) is 19.3 Å². The maximum Gasteiger partial charge on any atom is 0.227 e. The van der Waals surface area contributed by atoms with E-state index in [0.29, 0.717) is 5.89 Å². The van der Waals surface area contributed by atoms with Crippen LogP contribution in [-0.4, -0.2) is 4.98 Å². The summed E-state index contributed by atoms with van der Waals surface area (Å²) < 4.78 is 6.55. The minimum absolute atomic E-state index is 0.141. The van der Waals surface area contributed by atoms with Crippen molar-refractivity contribution in [3.05, 3.63) is 139 Å². The van der Waals surface area contributed by atoms with E-state index in [9.17, 15) is 0 Å². The van der Waals surface area contributed by atoms with Gasteiger partial charge in [0.25, 0.3) is 0 Å². The van der Waals surface area contributed by atoms with Gasteiger partial charge in [0.05, 0.1) is 0 Å². The number of nitrogens with zero attached hydrogens (tertiary/aromatic N) is 1. The van der Waals surface area contributed by atoms with Crippen LogP contribution in [0.15, 0.2) is 132 Å². The summed E-state index contributed by atoms with van der Waals surface area (Å²) in [5.74, 6) is 0.660. The van der Waals surface area contributed by atoms with Crippen molar-refractivity contribution in [3.63, 3.8) is 0 Å². The van der Waals surface area contributed by atoms with E-state index >= 15 is 0 Å². The lowest BCUT2D eigenvalue weighted by Crippen LogP contribution is -2.15. The molecule has 2 heteroatoms. The number of hydrogen-bond acceptors (Lipinski definition) is 2. The summed E-state index contributed by atoms with van der Waals surface area (Å²) in [5.41, 5.74) is 10.1. The SMILES string of the molecule is CC1(C)c2ccccc2-c2ccc3nc(-c4ccc(-c5ccc6c7ccccc7c7ccccc7c6c5)cc4)oc3c21. The molecule has 0 fully saturated rings. The van der Waals surface area contributed by atoms with Gasteiger partial charge in [0.2, 0.25) is 5.89 Å². The molecular weight excluding hydrogens is 510 g/mol. The van der Waals surface area contributed by atoms with Gasteiger partial charge in [-0.2, -0.15) is 0 Å². The molecule has 7 aromatic carbocycles. The van der Waals surface area contributed by atoms with Crippen LogP contribution in [0.1, 0.15) is 25.0 Å². The van der Waals surface area contributed by atoms with E-state index in [1.165, 1.54) is 65.7 Å². The summed E-state index contributed by atoms with van der Waals surface area (Å²) in [5, 5.41) is 7.74. The fraction of sp³-hybridized carbons (Fsp3) is 0.0750. The van der Waals surface area contributed by atoms with E-state index in [1.807, 2.05) is 0 Å². The number of aromatic nitrogens is 1. The van der Waals surface area contributed by atoms with Gasteiger partial charge >= 0.3 is 0 Å². The molecule has 2 nitrogen and oxygen atoms in total. The zero-order valence-corrected chi connectivity index (χ0v) is 23.5. The largest absolute Gasteiger partial charge is 0.436 e. The molecule has 0 radical (unpaired) electrons. The topological polar surface area (TPSA) is 26.0 Å². The Morgan fingerprint density at radius 1 is 0.500 bits per heavy atom. The highest BCUT2D eigenvalue weighted by Crippen LogP contribution is 2.51. The average Bonchev–Trinajstić information content (AvgIpc) is 3.58. The Labute approximate surface area is 243 Å². The zero-order valence-electron chi connectivity index (χ0n) is 23.5. The Balaban J connectivity index is 1.14. The molecule has 0 unspecified atom stereocenters. The van der Waals surface area contributed by atoms with Gasteiger partial charge in [-0.1, -0.05) is 117 Å². The highest BCUT2D eigenvalue weighted by Gasteiger charge is 2.38. The van der Waals surface area contributed by atoms with Crippen LogP contribution in [-0.2, 0) is 5.41 Å². The van der Waals surface area contributed by atoms with Gasteiger partial charge < -0.3 is 4.42 Å². The lowest BCUT2D eigenvalue weighted by atomic mass is 9.82. The van der Waals surface area contributed by atoms with Gasteiger partial charge in [-0.05, 0) is 84.4 Å². The summed E-state index contributed by atoms with van der Waals surface area (Å²) in [6, 6.07) is 45.9. The fourth-order valence-electron chi connectivity index (χ4n) is 7.25. The molecule has 1 aliphatic carbocycles. The number of hydrogen-bond donors (Lipinski definition) is 0. The Morgan fingerprint density at radius 2 is 1.07 bits per heavy atom. The Hall–Kier alpha value is -5.21. The Morgan fingerprint density at radius 3 is 1.79 bits per heavy atom. The third kappa shape index (κ3) is 3.18. The molecule has 0 bridgehead atoms. The van der Waals surface area contributed by atoms with Crippen molar-refractivity contribution in [1.82, 2.24) is 4.98 Å². The molecule has 198 valence electrons. The second-order valence-corrected chi connectivity index (χ2v) is 12.0. The van der Waals surface area contributed by atoms with Crippen LogP contribution in [0.3, 0.4) is 0 Å². The smallest absolute Gasteiger partial charge is 0.227 e. The second kappa shape index (κ2) is 8.41. The van der Waals surface area contributed by atoms with E-state index < -0.39 is 0 Å². The molecule has 1 heterocycles. The van der Waals surface area contributed by atoms with Crippen molar-refractivity contribution in [1.29, 1.82) is 0 Å². The second-order valence-electron chi connectivity index (χ2n) is 12.0. The quantitative estimate of drug-likeness (QED) is 0.205. The Kier molecular flexibility index (Phi) is 4.70. The van der Waals surface area contributed by atoms with Crippen LogP contribution in [0.25, 0.3) is 77.1 Å². The van der Waals surface area contributed by atoms with E-state index in [0.717, 1.165) is 16.7 Å². The Bertz CT molecular complexity index is 2340. The molecule has 0 aliphatic heterocycles. The molecule has 8 aromatic rings. The lowest BCUT2D eigenvalue weighted by molar-refractivity contribution is 0.593. The standard InChI is InChI=1S/C40H27NO/c1-40(2)35-14-8-7-13-32(35)33-21-22-36-38(37(33)40)42-39(41-36)25-17-15-24(16-18-25)26-19-20-31-29-11-4-3-9-27(29)28-10-5-6-12-30(28)34(31)23-26/h3-23H,1-2H3. The third-order valence-corrected chi connectivity index (χ3v) is 9.28. The molecule has 1 aliphatic rings. The van der Waals surface area contributed by atoms with E-state index in [1.54, 1.807) is 0 Å². The van der Waals surface area contributed by atoms with Crippen molar-refractivity contribution in [3.8, 4) is 33.7 Å². The van der Waals surface area contributed by atoms with Crippen molar-refractivity contribution in [2.24, 2.45) is 0 Å². The highest BCUT2D eigenvalue weighted by molar-refractivity contribution is 6.25. The number of oxazole rings is 1. The average molecular weight is 538 g/mol. The third-order valence-electron chi connectivity index (χ3n) is 9.28. The lowest BCUT2D eigenvalue weighted by Gasteiger charge is -2.21. The number of benzene rings is 7. The minimum atomic E-state index is -0.141. The van der Waals surface area contributed by atoms with Gasteiger partial charge in [0, 0.05) is 16.5 Å². The molecule has 9 rings (SSSR count). The number of fused-ring (bicyclic) bond motifs is 11. The van der Waals surface area contributed by atoms with Gasteiger partial charge in [-0.15, -0.1) is 0 Å². The molecule has 0 saturated heterocycles. The van der Waals surface area contributed by atoms with Crippen molar-refractivity contribution < 1.29 is 4.42 Å². The summed E-state index contributed by atoms with van der Waals surface area (Å²) >= 11 is 0. The first-order valence-electron chi connectivity index (χ1n) is 14.6. The van der Waals surface area contributed by atoms with Gasteiger partial charge in [-0.25, -0.2) is 4.98 Å². The first-order chi connectivity index (χ1) is 20.6. The van der Waals surface area contributed by atoms with Crippen molar-refractivity contribution >= 4 is 43.4 Å². The normalized spacial score (nSPS) is 13.7. The maximum absolute atomic E-state index is 6.55. The molecule has 0 atom stereocenters. The van der Waals surface area contributed by atoms with Crippen molar-refractivity contribution in [2.75, 3.05) is 0 Å². The summed E-state index contributed by atoms with van der Waals surface area (Å²) in [4.78, 5) is 4.93. The zero-order chi connectivity index (χ0) is 28.0. The van der Waals surface area contributed by atoms with E-state index in [2.05, 4.69) is 141 Å². The fourth-order valence-corrected chi connectivity index (χ4v) is 7.25. The summed E-state index contributed by atoms with van der Waals surface area (Å²) in [6.07, 6.45) is 0. The van der Waals surface area contributed by atoms with Crippen LogP contribution >= 0.6 is 0 Å². The maximum atomic E-state index is 6.55. The molecule has 0 amide bonds. The molecule has 0 spiro atoms. The molecule has 0 N–H and O–H groups in total.